The summed E-state index contributed by atoms with van der Waals surface area (Å²) in [7, 11) is 3.35. The lowest BCUT2D eigenvalue weighted by Gasteiger charge is -2.35. The molecular weight excluding hydrogens is 805 g/mol. The standard InChI is InChI=1S/C51H66N8O5/c1-37(33-39-17-19-45(47(35-39)61-3)63-31-11-9-21-56-23-27-58(28-24-56)50-41-13-5-7-15-43(41)52-54-50)49(60)38(2)34-40-18-20-46(48(36-40)62-4)64-32-12-10-22-57-25-29-59(30-26-57)51-42-14-6-8-16-44(42)53-55-51/h5-8,13-20,35-38H,9-12,21-34H2,1-4H3,(H,52,54)(H,53,55). The highest BCUT2D eigenvalue weighted by molar-refractivity contribution is 5.91. The number of methoxy groups -OCH3 is 2. The first-order chi connectivity index (χ1) is 31.4. The van der Waals surface area contributed by atoms with Crippen LogP contribution in [0.2, 0.25) is 0 Å². The van der Waals surface area contributed by atoms with Crippen LogP contribution in [-0.2, 0) is 17.6 Å². The first-order valence-electron chi connectivity index (χ1n) is 23.3. The van der Waals surface area contributed by atoms with Crippen LogP contribution in [0.4, 0.5) is 11.6 Å². The molecule has 4 heterocycles. The van der Waals surface area contributed by atoms with Gasteiger partial charge in [-0.2, -0.15) is 10.2 Å². The predicted molar refractivity (Wildman–Crippen MR) is 256 cm³/mol. The summed E-state index contributed by atoms with van der Waals surface area (Å²) < 4.78 is 23.8. The average molecular weight is 871 g/mol. The molecule has 6 aromatic rings. The molecule has 0 spiro atoms. The molecule has 13 nitrogen and oxygen atoms in total. The molecular formula is C51H66N8O5. The van der Waals surface area contributed by atoms with Crippen molar-refractivity contribution in [3.05, 3.63) is 96.1 Å². The Morgan fingerprint density at radius 3 is 1.41 bits per heavy atom. The molecule has 2 fully saturated rings. The van der Waals surface area contributed by atoms with Gasteiger partial charge >= 0.3 is 0 Å². The summed E-state index contributed by atoms with van der Waals surface area (Å²) in [5.74, 6) is 4.97. The van der Waals surface area contributed by atoms with Gasteiger partial charge in [0, 0.05) is 75.0 Å². The maximum absolute atomic E-state index is 13.6. The van der Waals surface area contributed by atoms with Gasteiger partial charge in [0.05, 0.1) is 38.5 Å². The number of hydrogen-bond acceptors (Lipinski definition) is 11. The molecule has 2 aliphatic heterocycles. The van der Waals surface area contributed by atoms with Crippen molar-refractivity contribution in [2.45, 2.75) is 52.4 Å². The first kappa shape index (κ1) is 44.8. The second-order valence-electron chi connectivity index (χ2n) is 17.5. The van der Waals surface area contributed by atoms with E-state index < -0.39 is 0 Å². The minimum Gasteiger partial charge on any atom is -0.493 e. The topological polar surface area (TPSA) is 124 Å². The SMILES string of the molecule is COc1cc(CC(C)C(=O)C(C)Cc2ccc(OCCCCN3CCN(c4n[nH]c5ccccc45)CC3)c(OC)c2)ccc1OCCCCN1CCN(c2n[nH]c3ccccc23)CC1. The smallest absolute Gasteiger partial charge is 0.161 e. The number of nitrogens with one attached hydrogen (secondary N) is 2. The zero-order valence-corrected chi connectivity index (χ0v) is 38.2. The predicted octanol–water partition coefficient (Wildman–Crippen LogP) is 8.05. The van der Waals surface area contributed by atoms with E-state index in [9.17, 15) is 4.79 Å². The van der Waals surface area contributed by atoms with Crippen LogP contribution in [0.3, 0.4) is 0 Å². The Balaban J connectivity index is 0.710. The van der Waals surface area contributed by atoms with Gasteiger partial charge in [-0.25, -0.2) is 0 Å². The summed E-state index contributed by atoms with van der Waals surface area (Å²) in [5, 5.41) is 17.9. The molecule has 2 aliphatic rings. The van der Waals surface area contributed by atoms with Crippen LogP contribution in [-0.4, -0.2) is 129 Å². The normalized spacial score (nSPS) is 16.0. The number of para-hydroxylation sites is 2. The van der Waals surface area contributed by atoms with E-state index in [-0.39, 0.29) is 17.6 Å². The zero-order valence-electron chi connectivity index (χ0n) is 38.2. The number of carbonyl (C=O) groups is 1. The number of Topliss-reactive ketones (excluding diaryl/α,β-unsaturated/α-hetero) is 1. The Morgan fingerprint density at radius 2 is 0.984 bits per heavy atom. The summed E-state index contributed by atoms with van der Waals surface area (Å²) in [6, 6.07) is 28.8. The van der Waals surface area contributed by atoms with Gasteiger partial charge in [0.25, 0.3) is 0 Å². The maximum Gasteiger partial charge on any atom is 0.161 e. The average Bonchev–Trinajstić information content (AvgIpc) is 3.97. The number of unbranched alkanes of at least 4 members (excludes halogenated alkanes) is 2. The van der Waals surface area contributed by atoms with Crippen molar-refractivity contribution < 1.29 is 23.7 Å². The fraction of sp³-hybridized carbons (Fsp3) is 0.471. The third-order valence-corrected chi connectivity index (χ3v) is 13.0. The third kappa shape index (κ3) is 11.1. The summed E-state index contributed by atoms with van der Waals surface area (Å²) in [5.41, 5.74) is 4.29. The van der Waals surface area contributed by atoms with Gasteiger partial charge in [-0.15, -0.1) is 0 Å². The summed E-state index contributed by atoms with van der Waals surface area (Å²) >= 11 is 0. The number of ketones is 1. The second kappa shape index (κ2) is 21.7. The zero-order chi connectivity index (χ0) is 44.3. The Morgan fingerprint density at radius 1 is 0.562 bits per heavy atom. The van der Waals surface area contributed by atoms with Crippen molar-refractivity contribution in [1.29, 1.82) is 0 Å². The van der Waals surface area contributed by atoms with Crippen LogP contribution in [0.1, 0.15) is 50.7 Å². The monoisotopic (exact) mass is 871 g/mol. The van der Waals surface area contributed by atoms with Crippen molar-refractivity contribution in [1.82, 2.24) is 30.2 Å². The van der Waals surface area contributed by atoms with Crippen molar-refractivity contribution in [3.8, 4) is 23.0 Å². The largest absolute Gasteiger partial charge is 0.493 e. The van der Waals surface area contributed by atoms with Crippen LogP contribution in [0.15, 0.2) is 84.9 Å². The number of hydrogen-bond donors (Lipinski definition) is 2. The minimum absolute atomic E-state index is 0.142. The van der Waals surface area contributed by atoms with Gasteiger partial charge in [0.2, 0.25) is 0 Å². The highest BCUT2D eigenvalue weighted by Gasteiger charge is 2.24. The van der Waals surface area contributed by atoms with Crippen molar-refractivity contribution in [2.24, 2.45) is 11.8 Å². The first-order valence-corrected chi connectivity index (χ1v) is 23.3. The van der Waals surface area contributed by atoms with Crippen molar-refractivity contribution >= 4 is 39.2 Å². The number of anilines is 2. The van der Waals surface area contributed by atoms with Crippen molar-refractivity contribution in [3.63, 3.8) is 0 Å². The molecule has 64 heavy (non-hydrogen) atoms. The molecule has 0 saturated carbocycles. The molecule has 0 aliphatic carbocycles. The number of rotatable bonds is 22. The number of benzene rings is 4. The molecule has 2 aromatic heterocycles. The number of piperazine rings is 2. The van der Waals surface area contributed by atoms with E-state index in [2.05, 4.69) is 88.5 Å². The maximum atomic E-state index is 13.6. The lowest BCUT2D eigenvalue weighted by atomic mass is 9.87. The number of fused-ring (bicyclic) bond motifs is 2. The van der Waals surface area contributed by atoms with Crippen LogP contribution in [0.5, 0.6) is 23.0 Å². The van der Waals surface area contributed by atoms with Gasteiger partial charge in [-0.3, -0.25) is 24.8 Å². The number of aromatic amines is 2. The van der Waals surface area contributed by atoms with Gasteiger partial charge in [-0.05, 0) is 111 Å². The van der Waals surface area contributed by atoms with Crippen LogP contribution < -0.4 is 28.7 Å². The Labute approximate surface area is 378 Å². The molecule has 340 valence electrons. The Hall–Kier alpha value is -5.79. The lowest BCUT2D eigenvalue weighted by Crippen LogP contribution is -2.46. The minimum atomic E-state index is -0.142. The van der Waals surface area contributed by atoms with E-state index >= 15 is 0 Å². The van der Waals surface area contributed by atoms with Gasteiger partial charge in [0.1, 0.15) is 5.78 Å². The summed E-state index contributed by atoms with van der Waals surface area (Å²) in [6.45, 7) is 15.4. The van der Waals surface area contributed by atoms with E-state index in [0.29, 0.717) is 37.6 Å². The summed E-state index contributed by atoms with van der Waals surface area (Å²) in [6.07, 6.45) is 5.34. The fourth-order valence-corrected chi connectivity index (χ4v) is 9.30. The highest BCUT2D eigenvalue weighted by Crippen LogP contribution is 2.32. The van der Waals surface area contributed by atoms with E-state index in [1.54, 1.807) is 14.2 Å². The molecule has 4 aromatic carbocycles. The quantitative estimate of drug-likeness (QED) is 0.0645. The number of ether oxygens (including phenoxy) is 4. The number of nitrogens with zero attached hydrogens (tertiary/aromatic N) is 6. The van der Waals surface area contributed by atoms with Gasteiger partial charge < -0.3 is 28.7 Å². The third-order valence-electron chi connectivity index (χ3n) is 13.0. The molecule has 13 heteroatoms. The lowest BCUT2D eigenvalue weighted by molar-refractivity contribution is -0.125. The van der Waals surface area contributed by atoms with Crippen LogP contribution >= 0.6 is 0 Å². The van der Waals surface area contributed by atoms with E-state index in [0.717, 1.165) is 136 Å². The van der Waals surface area contributed by atoms with E-state index in [4.69, 9.17) is 18.9 Å². The van der Waals surface area contributed by atoms with Crippen LogP contribution in [0.25, 0.3) is 21.8 Å². The van der Waals surface area contributed by atoms with Gasteiger partial charge in [-0.1, -0.05) is 50.2 Å². The number of aromatic nitrogens is 4. The fourth-order valence-electron chi connectivity index (χ4n) is 9.30. The van der Waals surface area contributed by atoms with Crippen molar-refractivity contribution in [2.75, 3.05) is 103 Å². The Kier molecular flexibility index (Phi) is 15.2. The number of carbonyl (C=O) groups excluding carboxylic acids is 1. The molecule has 2 unspecified atom stereocenters. The van der Waals surface area contributed by atoms with E-state index in [1.807, 2.05) is 50.2 Å². The highest BCUT2D eigenvalue weighted by atomic mass is 16.5. The van der Waals surface area contributed by atoms with Gasteiger partial charge in [0.15, 0.2) is 34.6 Å². The van der Waals surface area contributed by atoms with Crippen LogP contribution in [0, 0.1) is 11.8 Å². The number of H-pyrrole nitrogens is 2. The molecule has 0 radical (unpaired) electrons. The molecule has 0 amide bonds. The molecule has 0 bridgehead atoms. The molecule has 2 N–H and O–H groups in total. The summed E-state index contributed by atoms with van der Waals surface area (Å²) in [4.78, 5) is 23.5. The second-order valence-corrected chi connectivity index (χ2v) is 17.5. The Bertz CT molecular complexity index is 2250. The molecule has 8 rings (SSSR count). The molecule has 2 atom stereocenters. The molecule has 2 saturated heterocycles. The van der Waals surface area contributed by atoms with E-state index in [1.165, 1.54) is 10.8 Å².